The lowest BCUT2D eigenvalue weighted by Gasteiger charge is -2.10. The van der Waals surface area contributed by atoms with E-state index in [4.69, 9.17) is 9.47 Å². The molecular formula is C26H24N4O4. The fraction of sp³-hybridized carbons (Fsp3) is 0.115. The van der Waals surface area contributed by atoms with Crippen molar-refractivity contribution in [1.29, 1.82) is 0 Å². The van der Waals surface area contributed by atoms with Gasteiger partial charge in [0.1, 0.15) is 5.65 Å². The molecule has 0 saturated heterocycles. The van der Waals surface area contributed by atoms with E-state index in [0.29, 0.717) is 17.2 Å². The number of imide groups is 1. The molecule has 172 valence electrons. The smallest absolute Gasteiger partial charge is 0.326 e. The Kier molecular flexibility index (Phi) is 6.59. The van der Waals surface area contributed by atoms with Crippen LogP contribution in [0.5, 0.6) is 11.5 Å². The molecular weight excluding hydrogens is 432 g/mol. The fourth-order valence-electron chi connectivity index (χ4n) is 3.79. The van der Waals surface area contributed by atoms with Crippen molar-refractivity contribution >= 4 is 34.7 Å². The highest BCUT2D eigenvalue weighted by molar-refractivity contribution is 6.08. The van der Waals surface area contributed by atoms with E-state index in [9.17, 15) is 9.59 Å². The molecule has 0 fully saturated rings. The number of urea groups is 1. The standard InChI is InChI=1S/C26H24N4O4/c1-30-24(17-8-5-4-6-9-17)19(20-10-7-15-27-25(20)30)12-14-23(31)29-26(32)28-18-11-13-21(33-2)22(16-18)34-3/h4-16H,1-3H3,(H2,28,29,31,32)/b14-12+. The van der Waals surface area contributed by atoms with Crippen LogP contribution in [0.2, 0.25) is 0 Å². The Morgan fingerprint density at radius 1 is 0.971 bits per heavy atom. The van der Waals surface area contributed by atoms with E-state index in [1.165, 1.54) is 20.3 Å². The van der Waals surface area contributed by atoms with E-state index in [-0.39, 0.29) is 0 Å². The predicted molar refractivity (Wildman–Crippen MR) is 132 cm³/mol. The summed E-state index contributed by atoms with van der Waals surface area (Å²) in [7, 11) is 4.96. The molecule has 34 heavy (non-hydrogen) atoms. The lowest BCUT2D eigenvalue weighted by Crippen LogP contribution is -2.33. The van der Waals surface area contributed by atoms with Crippen LogP contribution in [-0.4, -0.2) is 35.7 Å². The number of methoxy groups -OCH3 is 2. The number of aryl methyl sites for hydroxylation is 1. The molecule has 8 heteroatoms. The second-order valence-corrected chi connectivity index (χ2v) is 7.41. The van der Waals surface area contributed by atoms with Crippen molar-refractivity contribution in [3.8, 4) is 22.8 Å². The highest BCUT2D eigenvalue weighted by Gasteiger charge is 2.16. The van der Waals surface area contributed by atoms with Crippen molar-refractivity contribution < 1.29 is 19.1 Å². The molecule has 4 aromatic rings. The predicted octanol–water partition coefficient (Wildman–Crippen LogP) is 4.62. The van der Waals surface area contributed by atoms with Gasteiger partial charge >= 0.3 is 6.03 Å². The average Bonchev–Trinajstić information content (AvgIpc) is 3.14. The second kappa shape index (κ2) is 9.91. The van der Waals surface area contributed by atoms with Gasteiger partial charge in [-0.15, -0.1) is 0 Å². The third-order valence-electron chi connectivity index (χ3n) is 5.31. The fourth-order valence-corrected chi connectivity index (χ4v) is 3.79. The summed E-state index contributed by atoms with van der Waals surface area (Å²) >= 11 is 0. The Balaban J connectivity index is 1.54. The van der Waals surface area contributed by atoms with Crippen molar-refractivity contribution in [2.75, 3.05) is 19.5 Å². The zero-order valence-corrected chi connectivity index (χ0v) is 19.0. The molecule has 4 rings (SSSR count). The van der Waals surface area contributed by atoms with Crippen LogP contribution in [0.3, 0.4) is 0 Å². The van der Waals surface area contributed by atoms with E-state index in [2.05, 4.69) is 15.6 Å². The minimum absolute atomic E-state index is 0.457. The van der Waals surface area contributed by atoms with Gasteiger partial charge in [-0.2, -0.15) is 0 Å². The largest absolute Gasteiger partial charge is 0.493 e. The second-order valence-electron chi connectivity index (χ2n) is 7.41. The van der Waals surface area contributed by atoms with Crippen molar-refractivity contribution in [2.24, 2.45) is 7.05 Å². The SMILES string of the molecule is COc1ccc(NC(=O)NC(=O)/C=C/c2c(-c3ccccc3)n(C)c3ncccc23)cc1OC. The molecule has 0 aliphatic rings. The lowest BCUT2D eigenvalue weighted by molar-refractivity contribution is -0.115. The number of nitrogens with one attached hydrogen (secondary N) is 2. The van der Waals surface area contributed by atoms with Crippen LogP contribution < -0.4 is 20.1 Å². The third kappa shape index (κ3) is 4.61. The van der Waals surface area contributed by atoms with Crippen LogP contribution in [0, 0.1) is 0 Å². The summed E-state index contributed by atoms with van der Waals surface area (Å²) in [5.41, 5.74) is 4.01. The van der Waals surface area contributed by atoms with Gasteiger partial charge in [-0.3, -0.25) is 10.1 Å². The van der Waals surface area contributed by atoms with Gasteiger partial charge in [0.2, 0.25) is 0 Å². The first-order valence-corrected chi connectivity index (χ1v) is 10.5. The molecule has 8 nitrogen and oxygen atoms in total. The zero-order chi connectivity index (χ0) is 24.1. The molecule has 2 N–H and O–H groups in total. The molecule has 2 aromatic heterocycles. The number of carbonyl (C=O) groups excluding carboxylic acids is 2. The summed E-state index contributed by atoms with van der Waals surface area (Å²) in [5, 5.41) is 5.83. The van der Waals surface area contributed by atoms with Gasteiger partial charge in [-0.05, 0) is 35.9 Å². The van der Waals surface area contributed by atoms with Crippen molar-refractivity contribution in [2.45, 2.75) is 0 Å². The number of aromatic nitrogens is 2. The van der Waals surface area contributed by atoms with Crippen LogP contribution in [0.1, 0.15) is 5.56 Å². The Bertz CT molecular complexity index is 1380. The quantitative estimate of drug-likeness (QED) is 0.413. The van der Waals surface area contributed by atoms with Gasteiger partial charge in [-0.25, -0.2) is 9.78 Å². The molecule has 0 saturated carbocycles. The van der Waals surface area contributed by atoms with E-state index < -0.39 is 11.9 Å². The highest BCUT2D eigenvalue weighted by atomic mass is 16.5. The van der Waals surface area contributed by atoms with E-state index >= 15 is 0 Å². The number of pyridine rings is 1. The summed E-state index contributed by atoms with van der Waals surface area (Å²) in [4.78, 5) is 29.3. The van der Waals surface area contributed by atoms with Gasteiger partial charge in [0.15, 0.2) is 11.5 Å². The normalized spacial score (nSPS) is 10.9. The molecule has 0 unspecified atom stereocenters. The summed E-state index contributed by atoms with van der Waals surface area (Å²) in [5.74, 6) is 0.439. The molecule has 0 radical (unpaired) electrons. The van der Waals surface area contributed by atoms with E-state index in [0.717, 1.165) is 27.9 Å². The number of carbonyl (C=O) groups is 2. The number of amides is 3. The van der Waals surface area contributed by atoms with Crippen LogP contribution in [0.4, 0.5) is 10.5 Å². The summed E-state index contributed by atoms with van der Waals surface area (Å²) in [6.45, 7) is 0. The Labute approximate surface area is 196 Å². The first-order valence-electron chi connectivity index (χ1n) is 10.5. The zero-order valence-electron chi connectivity index (χ0n) is 19.0. The van der Waals surface area contributed by atoms with Crippen LogP contribution >= 0.6 is 0 Å². The van der Waals surface area contributed by atoms with Crippen molar-refractivity contribution in [3.63, 3.8) is 0 Å². The maximum absolute atomic E-state index is 12.5. The summed E-state index contributed by atoms with van der Waals surface area (Å²) in [6, 6.07) is 17.9. The number of fused-ring (bicyclic) bond motifs is 1. The molecule has 3 amide bonds. The maximum atomic E-state index is 12.5. The Hall–Kier alpha value is -4.59. The van der Waals surface area contributed by atoms with E-state index in [1.54, 1.807) is 30.5 Å². The van der Waals surface area contributed by atoms with Gasteiger partial charge in [0, 0.05) is 42.0 Å². The molecule has 0 aliphatic carbocycles. The molecule has 2 aromatic carbocycles. The van der Waals surface area contributed by atoms with Gasteiger partial charge in [-0.1, -0.05) is 30.3 Å². The first kappa shape index (κ1) is 22.6. The van der Waals surface area contributed by atoms with Crippen molar-refractivity contribution in [3.05, 3.63) is 78.5 Å². The van der Waals surface area contributed by atoms with Gasteiger partial charge < -0.3 is 19.4 Å². The molecule has 0 bridgehead atoms. The van der Waals surface area contributed by atoms with Crippen LogP contribution in [0.15, 0.2) is 72.9 Å². The van der Waals surface area contributed by atoms with Gasteiger partial charge in [0.05, 0.1) is 19.9 Å². The summed E-state index contributed by atoms with van der Waals surface area (Å²) in [6.07, 6.45) is 4.77. The van der Waals surface area contributed by atoms with Crippen LogP contribution in [-0.2, 0) is 11.8 Å². The number of hydrogen-bond acceptors (Lipinski definition) is 5. The topological polar surface area (TPSA) is 94.5 Å². The van der Waals surface area contributed by atoms with Crippen molar-refractivity contribution in [1.82, 2.24) is 14.9 Å². The minimum Gasteiger partial charge on any atom is -0.493 e. The number of ether oxygens (including phenoxy) is 2. The van der Waals surface area contributed by atoms with E-state index in [1.807, 2.05) is 54.1 Å². The minimum atomic E-state index is -0.662. The number of anilines is 1. The molecule has 2 heterocycles. The maximum Gasteiger partial charge on any atom is 0.326 e. The molecule has 0 atom stereocenters. The monoisotopic (exact) mass is 456 g/mol. The highest BCUT2D eigenvalue weighted by Crippen LogP contribution is 2.33. The Morgan fingerprint density at radius 2 is 1.74 bits per heavy atom. The number of rotatable bonds is 6. The number of nitrogens with zero attached hydrogens (tertiary/aromatic N) is 2. The molecule has 0 spiro atoms. The lowest BCUT2D eigenvalue weighted by atomic mass is 10.1. The first-order chi connectivity index (χ1) is 16.5. The molecule has 0 aliphatic heterocycles. The third-order valence-corrected chi connectivity index (χ3v) is 5.31. The van der Waals surface area contributed by atoms with Gasteiger partial charge in [0.25, 0.3) is 5.91 Å². The summed E-state index contributed by atoms with van der Waals surface area (Å²) < 4.78 is 12.4. The average molecular weight is 457 g/mol. The number of benzene rings is 2. The Morgan fingerprint density at radius 3 is 2.47 bits per heavy atom. The van der Waals surface area contributed by atoms with Crippen LogP contribution in [0.25, 0.3) is 28.4 Å². The number of hydrogen-bond donors (Lipinski definition) is 2.